The minimum absolute atomic E-state index is 0.146. The highest BCUT2D eigenvalue weighted by Gasteiger charge is 2.13. The number of amides is 1. The quantitative estimate of drug-likeness (QED) is 0.414. The molecule has 0 saturated carbocycles. The van der Waals surface area contributed by atoms with Gasteiger partial charge in [0.2, 0.25) is 5.91 Å². The third-order valence-electron chi connectivity index (χ3n) is 4.66. The smallest absolute Gasteiger partial charge is 0.277 e. The Bertz CT molecular complexity index is 1060. The van der Waals surface area contributed by atoms with Gasteiger partial charge in [-0.1, -0.05) is 29.4 Å². The average Bonchev–Trinajstić information content (AvgIpc) is 3.21. The molecule has 1 amide bonds. The number of aromatic nitrogens is 2. The monoisotopic (exact) mass is 507 g/mol. The number of hydrogen-bond donors (Lipinski definition) is 1. The van der Waals surface area contributed by atoms with Crippen LogP contribution in [-0.2, 0) is 24.2 Å². The Balaban J connectivity index is 1.26. The van der Waals surface area contributed by atoms with Crippen molar-refractivity contribution in [1.29, 1.82) is 0 Å². The Labute approximate surface area is 191 Å². The molecule has 1 aromatic heterocycles. The third-order valence-corrected chi connectivity index (χ3v) is 6.69. The van der Waals surface area contributed by atoms with E-state index in [1.165, 1.54) is 35.7 Å². The number of nitrogens with zero attached hydrogens (tertiary/aromatic N) is 2. The number of thioether (sulfide) groups is 1. The van der Waals surface area contributed by atoms with Gasteiger partial charge in [-0.2, -0.15) is 0 Å². The molecule has 6 nitrogen and oxygen atoms in total. The molecule has 1 aliphatic carbocycles. The molecule has 9 heteroatoms. The number of hydrogen-bond acceptors (Lipinski definition) is 6. The number of carbonyl (C=O) groups is 1. The number of carbonyl (C=O) groups excluding carboxylic acids is 1. The van der Waals surface area contributed by atoms with E-state index >= 15 is 0 Å². The summed E-state index contributed by atoms with van der Waals surface area (Å²) in [6.07, 6.45) is 4.72. The van der Waals surface area contributed by atoms with E-state index in [0.29, 0.717) is 21.8 Å². The highest BCUT2D eigenvalue weighted by Crippen LogP contribution is 2.27. The minimum atomic E-state index is -0.181. The van der Waals surface area contributed by atoms with Crippen molar-refractivity contribution in [3.63, 3.8) is 0 Å². The number of halogens is 2. The predicted octanol–water partition coefficient (Wildman–Crippen LogP) is 5.67. The predicted molar refractivity (Wildman–Crippen MR) is 120 cm³/mol. The van der Waals surface area contributed by atoms with Crippen LogP contribution in [0.5, 0.6) is 5.75 Å². The lowest BCUT2D eigenvalue weighted by molar-refractivity contribution is -0.113. The number of nitrogens with one attached hydrogen (secondary N) is 1. The van der Waals surface area contributed by atoms with Gasteiger partial charge in [0.1, 0.15) is 5.75 Å². The summed E-state index contributed by atoms with van der Waals surface area (Å²) in [6, 6.07) is 11.4. The zero-order valence-corrected chi connectivity index (χ0v) is 19.1. The van der Waals surface area contributed by atoms with Gasteiger partial charge in [0.15, 0.2) is 6.61 Å². The van der Waals surface area contributed by atoms with Crippen molar-refractivity contribution < 1.29 is 13.9 Å². The first-order valence-electron chi connectivity index (χ1n) is 9.51. The van der Waals surface area contributed by atoms with Crippen LogP contribution in [0, 0.1) is 0 Å². The van der Waals surface area contributed by atoms with Crippen LogP contribution in [0.3, 0.4) is 0 Å². The molecule has 0 spiro atoms. The standard InChI is InChI=1S/C21H19BrClN3O3S/c22-17-10-15(6-8-18(17)23)24-19(27)12-30-21-26-25-20(29-21)11-28-16-7-5-13-3-1-2-4-14(13)9-16/h5-10H,1-4,11-12H2,(H,24,27). The summed E-state index contributed by atoms with van der Waals surface area (Å²) in [5, 5.41) is 11.7. The van der Waals surface area contributed by atoms with Crippen molar-refractivity contribution in [2.24, 2.45) is 0 Å². The Morgan fingerprint density at radius 2 is 2.00 bits per heavy atom. The van der Waals surface area contributed by atoms with Crippen molar-refractivity contribution >= 4 is 50.9 Å². The first-order chi connectivity index (χ1) is 14.6. The van der Waals surface area contributed by atoms with Crippen molar-refractivity contribution in [3.05, 3.63) is 62.9 Å². The van der Waals surface area contributed by atoms with Crippen LogP contribution in [0.4, 0.5) is 5.69 Å². The number of fused-ring (bicyclic) bond motifs is 1. The molecule has 2 aromatic carbocycles. The van der Waals surface area contributed by atoms with Gasteiger partial charge < -0.3 is 14.5 Å². The molecule has 0 atom stereocenters. The second kappa shape index (κ2) is 9.85. The van der Waals surface area contributed by atoms with Crippen LogP contribution in [0.25, 0.3) is 0 Å². The Morgan fingerprint density at radius 3 is 2.83 bits per heavy atom. The number of anilines is 1. The zero-order valence-electron chi connectivity index (χ0n) is 16.0. The zero-order chi connectivity index (χ0) is 20.9. The molecule has 0 unspecified atom stereocenters. The van der Waals surface area contributed by atoms with Crippen molar-refractivity contribution in [2.75, 3.05) is 11.1 Å². The Kier molecular flexibility index (Phi) is 6.97. The normalized spacial score (nSPS) is 13.0. The van der Waals surface area contributed by atoms with E-state index in [1.807, 2.05) is 6.07 Å². The van der Waals surface area contributed by atoms with Gasteiger partial charge in [-0.05, 0) is 83.1 Å². The fraction of sp³-hybridized carbons (Fsp3) is 0.286. The Morgan fingerprint density at radius 1 is 1.17 bits per heavy atom. The lowest BCUT2D eigenvalue weighted by Gasteiger charge is -2.16. The lowest BCUT2D eigenvalue weighted by atomic mass is 9.92. The molecular weight excluding hydrogens is 490 g/mol. The number of aryl methyl sites for hydroxylation is 2. The summed E-state index contributed by atoms with van der Waals surface area (Å²) in [7, 11) is 0. The van der Waals surface area contributed by atoms with Gasteiger partial charge >= 0.3 is 0 Å². The van der Waals surface area contributed by atoms with Gasteiger partial charge in [0, 0.05) is 10.2 Å². The lowest BCUT2D eigenvalue weighted by Crippen LogP contribution is -2.13. The molecule has 1 heterocycles. The van der Waals surface area contributed by atoms with Crippen LogP contribution in [-0.4, -0.2) is 21.9 Å². The van der Waals surface area contributed by atoms with Gasteiger partial charge in [0.25, 0.3) is 11.1 Å². The summed E-state index contributed by atoms with van der Waals surface area (Å²) >= 11 is 10.5. The maximum Gasteiger partial charge on any atom is 0.277 e. The first-order valence-corrected chi connectivity index (χ1v) is 11.7. The molecule has 0 fully saturated rings. The molecule has 0 bridgehead atoms. The van der Waals surface area contributed by atoms with Crippen LogP contribution in [0.1, 0.15) is 29.9 Å². The molecule has 4 rings (SSSR count). The van der Waals surface area contributed by atoms with E-state index in [1.54, 1.807) is 18.2 Å². The van der Waals surface area contributed by atoms with Crippen molar-refractivity contribution in [3.8, 4) is 5.75 Å². The van der Waals surface area contributed by atoms with Gasteiger partial charge in [-0.15, -0.1) is 10.2 Å². The third kappa shape index (κ3) is 5.56. The maximum absolute atomic E-state index is 12.1. The fourth-order valence-corrected chi connectivity index (χ4v) is 4.27. The van der Waals surface area contributed by atoms with Crippen LogP contribution < -0.4 is 10.1 Å². The summed E-state index contributed by atoms with van der Waals surface area (Å²) in [4.78, 5) is 12.1. The van der Waals surface area contributed by atoms with E-state index < -0.39 is 0 Å². The van der Waals surface area contributed by atoms with Crippen molar-refractivity contribution in [2.45, 2.75) is 37.5 Å². The van der Waals surface area contributed by atoms with E-state index in [4.69, 9.17) is 20.8 Å². The van der Waals surface area contributed by atoms with Gasteiger partial charge in [-0.25, -0.2) is 0 Å². The number of ether oxygens (including phenoxy) is 1. The van der Waals surface area contributed by atoms with E-state index in [2.05, 4.69) is 43.6 Å². The van der Waals surface area contributed by atoms with Gasteiger partial charge in [-0.3, -0.25) is 4.79 Å². The van der Waals surface area contributed by atoms with Gasteiger partial charge in [0.05, 0.1) is 10.8 Å². The van der Waals surface area contributed by atoms with E-state index in [-0.39, 0.29) is 18.3 Å². The first kappa shape index (κ1) is 21.2. The maximum atomic E-state index is 12.1. The molecule has 0 radical (unpaired) electrons. The van der Waals surface area contributed by atoms with Crippen LogP contribution in [0.15, 0.2) is 50.5 Å². The highest BCUT2D eigenvalue weighted by atomic mass is 79.9. The SMILES string of the molecule is O=C(CSc1nnc(COc2ccc3c(c2)CCCC3)o1)Nc1ccc(Cl)c(Br)c1. The average molecular weight is 509 g/mol. The van der Waals surface area contributed by atoms with Crippen LogP contribution in [0.2, 0.25) is 5.02 Å². The minimum Gasteiger partial charge on any atom is -0.484 e. The number of rotatable bonds is 7. The molecule has 30 heavy (non-hydrogen) atoms. The molecule has 1 N–H and O–H groups in total. The number of benzene rings is 2. The molecule has 156 valence electrons. The topological polar surface area (TPSA) is 77.2 Å². The molecule has 0 aliphatic heterocycles. The Hall–Kier alpha value is -2.03. The molecule has 3 aromatic rings. The molecule has 1 aliphatic rings. The highest BCUT2D eigenvalue weighted by molar-refractivity contribution is 9.10. The fourth-order valence-electron chi connectivity index (χ4n) is 3.20. The second-order valence-electron chi connectivity index (χ2n) is 6.85. The largest absolute Gasteiger partial charge is 0.484 e. The summed E-state index contributed by atoms with van der Waals surface area (Å²) in [5.41, 5.74) is 3.43. The van der Waals surface area contributed by atoms with Crippen LogP contribution >= 0.6 is 39.3 Å². The van der Waals surface area contributed by atoms with E-state index in [0.717, 1.165) is 23.1 Å². The summed E-state index contributed by atoms with van der Waals surface area (Å²) in [6.45, 7) is 0.192. The summed E-state index contributed by atoms with van der Waals surface area (Å²) < 4.78 is 12.1. The molecule has 0 saturated heterocycles. The second-order valence-corrected chi connectivity index (χ2v) is 9.04. The summed E-state index contributed by atoms with van der Waals surface area (Å²) in [5.74, 6) is 1.14. The van der Waals surface area contributed by atoms with Crippen molar-refractivity contribution in [1.82, 2.24) is 10.2 Å². The van der Waals surface area contributed by atoms with E-state index in [9.17, 15) is 4.79 Å². The molecular formula is C21H19BrClN3O3S.